The molecule has 0 bridgehead atoms. The van der Waals surface area contributed by atoms with Gasteiger partial charge in [-0.3, -0.25) is 4.79 Å². The Morgan fingerprint density at radius 1 is 1.41 bits per heavy atom. The zero-order chi connectivity index (χ0) is 13.2. The highest BCUT2D eigenvalue weighted by molar-refractivity contribution is 5.82. The Bertz CT molecular complexity index is 432. The zero-order valence-corrected chi connectivity index (χ0v) is 7.83. The van der Waals surface area contributed by atoms with Gasteiger partial charge in [0.25, 0.3) is 6.43 Å². The van der Waals surface area contributed by atoms with Crippen LogP contribution >= 0.6 is 0 Å². The molecule has 0 saturated heterocycles. The summed E-state index contributed by atoms with van der Waals surface area (Å²) in [5.74, 6) is -2.42. The first kappa shape index (κ1) is 13.1. The molecule has 1 heterocycles. The number of halogens is 5. The van der Waals surface area contributed by atoms with Crippen molar-refractivity contribution >= 4 is 6.29 Å². The van der Waals surface area contributed by atoms with E-state index in [1.165, 1.54) is 0 Å². The van der Waals surface area contributed by atoms with E-state index < -0.39 is 35.5 Å². The number of ether oxygens (including phenoxy) is 1. The number of hydrogen-bond acceptors (Lipinski definition) is 4. The molecule has 0 aliphatic carbocycles. The Hall–Kier alpha value is -1.93. The summed E-state index contributed by atoms with van der Waals surface area (Å²) in [7, 11) is 0. The third-order valence-electron chi connectivity index (χ3n) is 1.65. The number of pyridine rings is 1. The number of hydrogen-bond donors (Lipinski definition) is 1. The highest BCUT2D eigenvalue weighted by atomic mass is 19.4. The largest absolute Gasteiger partial charge is 0.574 e. The monoisotopic (exact) mass is 257 g/mol. The van der Waals surface area contributed by atoms with Gasteiger partial charge in [0.15, 0.2) is 6.29 Å². The molecule has 1 N–H and O–H groups in total. The van der Waals surface area contributed by atoms with Crippen LogP contribution in [-0.2, 0) is 0 Å². The lowest BCUT2D eigenvalue weighted by molar-refractivity contribution is -0.276. The van der Waals surface area contributed by atoms with Gasteiger partial charge in [0.1, 0.15) is 5.75 Å². The minimum atomic E-state index is -5.18. The van der Waals surface area contributed by atoms with Gasteiger partial charge in [-0.25, -0.2) is 13.8 Å². The average molecular weight is 257 g/mol. The highest BCUT2D eigenvalue weighted by Gasteiger charge is 2.34. The number of alkyl halides is 5. The molecule has 0 unspecified atom stereocenters. The molecule has 0 aliphatic heterocycles. The van der Waals surface area contributed by atoms with Crippen molar-refractivity contribution in [1.82, 2.24) is 4.98 Å². The fourth-order valence-electron chi connectivity index (χ4n) is 1.05. The van der Waals surface area contributed by atoms with Crippen LogP contribution in [0.15, 0.2) is 6.20 Å². The summed E-state index contributed by atoms with van der Waals surface area (Å²) in [4.78, 5) is 13.4. The van der Waals surface area contributed by atoms with Crippen LogP contribution in [-0.4, -0.2) is 22.7 Å². The summed E-state index contributed by atoms with van der Waals surface area (Å²) < 4.78 is 63.7. The van der Waals surface area contributed by atoms with Crippen LogP contribution in [0.2, 0.25) is 0 Å². The quantitative estimate of drug-likeness (QED) is 0.667. The SMILES string of the molecule is O=Cc1c(OC(F)(F)F)ncc(O)c1C(F)F. The molecule has 94 valence electrons. The van der Waals surface area contributed by atoms with E-state index in [1.807, 2.05) is 0 Å². The average Bonchev–Trinajstić information content (AvgIpc) is 2.17. The van der Waals surface area contributed by atoms with Crippen molar-refractivity contribution in [3.63, 3.8) is 0 Å². The van der Waals surface area contributed by atoms with Gasteiger partial charge in [-0.1, -0.05) is 0 Å². The van der Waals surface area contributed by atoms with Crippen molar-refractivity contribution in [2.24, 2.45) is 0 Å². The number of aromatic hydroxyl groups is 1. The highest BCUT2D eigenvalue weighted by Crippen LogP contribution is 2.35. The molecule has 0 spiro atoms. The molecule has 4 nitrogen and oxygen atoms in total. The van der Waals surface area contributed by atoms with Crippen LogP contribution in [0.5, 0.6) is 11.6 Å². The maximum absolute atomic E-state index is 12.4. The van der Waals surface area contributed by atoms with E-state index in [-0.39, 0.29) is 6.29 Å². The maximum Gasteiger partial charge on any atom is 0.574 e. The Morgan fingerprint density at radius 3 is 2.41 bits per heavy atom. The smallest absolute Gasteiger partial charge is 0.506 e. The lowest BCUT2D eigenvalue weighted by atomic mass is 10.1. The van der Waals surface area contributed by atoms with Crippen molar-refractivity contribution in [2.75, 3.05) is 0 Å². The summed E-state index contributed by atoms with van der Waals surface area (Å²) >= 11 is 0. The fourth-order valence-corrected chi connectivity index (χ4v) is 1.05. The van der Waals surface area contributed by atoms with Gasteiger partial charge in [-0.15, -0.1) is 13.2 Å². The Labute approximate surface area is 90.6 Å². The summed E-state index contributed by atoms with van der Waals surface area (Å²) in [6, 6.07) is 0. The fraction of sp³-hybridized carbons (Fsp3) is 0.250. The molecular formula is C8H4F5NO3. The van der Waals surface area contributed by atoms with Gasteiger partial charge in [-0.2, -0.15) is 0 Å². The first-order chi connectivity index (χ1) is 7.76. The van der Waals surface area contributed by atoms with Crippen LogP contribution in [0.4, 0.5) is 22.0 Å². The summed E-state index contributed by atoms with van der Waals surface area (Å²) in [6.45, 7) is 0. The number of aldehydes is 1. The molecule has 0 fully saturated rings. The van der Waals surface area contributed by atoms with Gasteiger partial charge in [0.2, 0.25) is 5.88 Å². The van der Waals surface area contributed by atoms with Gasteiger partial charge >= 0.3 is 6.36 Å². The second kappa shape index (κ2) is 4.52. The third kappa shape index (κ3) is 3.02. The van der Waals surface area contributed by atoms with E-state index >= 15 is 0 Å². The van der Waals surface area contributed by atoms with Crippen LogP contribution in [0.3, 0.4) is 0 Å². The van der Waals surface area contributed by atoms with Gasteiger partial charge in [0.05, 0.1) is 17.3 Å². The van der Waals surface area contributed by atoms with Crippen LogP contribution in [0.25, 0.3) is 0 Å². The molecule has 0 aromatic carbocycles. The Kier molecular flexibility index (Phi) is 3.49. The molecule has 9 heteroatoms. The van der Waals surface area contributed by atoms with Crippen molar-refractivity contribution in [1.29, 1.82) is 0 Å². The predicted octanol–water partition coefficient (Wildman–Crippen LogP) is 2.44. The van der Waals surface area contributed by atoms with Crippen LogP contribution < -0.4 is 4.74 Å². The molecule has 0 atom stereocenters. The summed E-state index contributed by atoms with van der Waals surface area (Å²) in [5, 5.41) is 8.98. The lowest BCUT2D eigenvalue weighted by Gasteiger charge is -2.12. The molecular weight excluding hydrogens is 253 g/mol. The summed E-state index contributed by atoms with van der Waals surface area (Å²) in [6.07, 6.45) is -8.47. The molecule has 0 aliphatic rings. The minimum absolute atomic E-state index is 0.296. The third-order valence-corrected chi connectivity index (χ3v) is 1.65. The van der Waals surface area contributed by atoms with Crippen LogP contribution in [0, 0.1) is 0 Å². The summed E-state index contributed by atoms with van der Waals surface area (Å²) in [5.41, 5.74) is -2.40. The van der Waals surface area contributed by atoms with Gasteiger partial charge in [0, 0.05) is 0 Å². The van der Waals surface area contributed by atoms with Gasteiger partial charge < -0.3 is 9.84 Å². The van der Waals surface area contributed by atoms with Crippen molar-refractivity contribution in [2.45, 2.75) is 12.8 Å². The van der Waals surface area contributed by atoms with Crippen LogP contribution in [0.1, 0.15) is 22.3 Å². The second-order valence-corrected chi connectivity index (χ2v) is 2.74. The van der Waals surface area contributed by atoms with E-state index in [4.69, 9.17) is 5.11 Å². The minimum Gasteiger partial charge on any atom is -0.506 e. The van der Waals surface area contributed by atoms with E-state index in [2.05, 4.69) is 9.72 Å². The number of aromatic nitrogens is 1. The maximum atomic E-state index is 12.4. The van der Waals surface area contributed by atoms with Crippen molar-refractivity contribution < 1.29 is 36.6 Å². The normalized spacial score (nSPS) is 11.6. The van der Waals surface area contributed by atoms with Gasteiger partial charge in [-0.05, 0) is 0 Å². The second-order valence-electron chi connectivity index (χ2n) is 2.74. The topological polar surface area (TPSA) is 59.4 Å². The zero-order valence-electron chi connectivity index (χ0n) is 7.83. The molecule has 1 aromatic heterocycles. The molecule has 17 heavy (non-hydrogen) atoms. The van der Waals surface area contributed by atoms with Crippen molar-refractivity contribution in [3.8, 4) is 11.6 Å². The molecule has 0 saturated carbocycles. The molecule has 1 aromatic rings. The lowest BCUT2D eigenvalue weighted by Crippen LogP contribution is -2.19. The number of carbonyl (C=O) groups is 1. The molecule has 0 amide bonds. The number of nitrogens with zero attached hydrogens (tertiary/aromatic N) is 1. The van der Waals surface area contributed by atoms with E-state index in [9.17, 15) is 26.7 Å². The molecule has 1 rings (SSSR count). The standard InChI is InChI=1S/C8H4F5NO3/c9-6(10)5-3(2-15)7(14-1-4(5)16)17-8(11,12)13/h1-2,6,16H. The van der Waals surface area contributed by atoms with E-state index in [0.29, 0.717) is 6.20 Å². The van der Waals surface area contributed by atoms with Crippen molar-refractivity contribution in [3.05, 3.63) is 17.3 Å². The first-order valence-electron chi connectivity index (χ1n) is 3.97. The van der Waals surface area contributed by atoms with E-state index in [1.54, 1.807) is 0 Å². The number of carbonyl (C=O) groups excluding carboxylic acids is 1. The predicted molar refractivity (Wildman–Crippen MR) is 42.9 cm³/mol. The van der Waals surface area contributed by atoms with E-state index in [0.717, 1.165) is 0 Å². The first-order valence-corrected chi connectivity index (χ1v) is 3.97. The Morgan fingerprint density at radius 2 is 2.00 bits per heavy atom. The number of rotatable bonds is 3. The Balaban J connectivity index is 3.33. The molecule has 0 radical (unpaired) electrons.